The average molecular weight is 298 g/mol. The number of rotatable bonds is 1. The Morgan fingerprint density at radius 3 is 2.78 bits per heavy atom. The summed E-state index contributed by atoms with van der Waals surface area (Å²) in [5.74, 6) is -0.0363. The minimum atomic E-state index is -0.0363. The van der Waals surface area contributed by atoms with E-state index in [0.29, 0.717) is 4.32 Å². The maximum Gasteiger partial charge on any atom is 0.266 e. The first-order valence-electron chi connectivity index (χ1n) is 6.15. The molecule has 1 saturated heterocycles. The average Bonchev–Trinajstić information content (AvgIpc) is 2.88. The smallest absolute Gasteiger partial charge is 0.266 e. The number of nitrogens with zero attached hydrogens (tertiary/aromatic N) is 1. The van der Waals surface area contributed by atoms with E-state index in [1.54, 1.807) is 11.8 Å². The van der Waals surface area contributed by atoms with Crippen LogP contribution in [-0.2, 0) is 4.79 Å². The summed E-state index contributed by atoms with van der Waals surface area (Å²) >= 11 is 8.24. The van der Waals surface area contributed by atoms with E-state index in [2.05, 4.69) is 17.1 Å². The zero-order chi connectivity index (χ0) is 12.7. The van der Waals surface area contributed by atoms with Crippen molar-refractivity contribution in [3.8, 4) is 0 Å². The Morgan fingerprint density at radius 2 is 2.11 bits per heavy atom. The van der Waals surface area contributed by atoms with Gasteiger partial charge in [0.15, 0.2) is 0 Å². The van der Waals surface area contributed by atoms with Crippen LogP contribution in [0.15, 0.2) is 20.5 Å². The minimum Gasteiger partial charge on any atom is -0.338 e. The molecule has 3 aliphatic rings. The second-order valence-electron chi connectivity index (χ2n) is 4.40. The van der Waals surface area contributed by atoms with Crippen molar-refractivity contribution < 1.29 is 4.79 Å². The number of hydrogen-bond donors (Lipinski definition) is 1. The highest BCUT2D eigenvalue weighted by Crippen LogP contribution is 2.50. The van der Waals surface area contributed by atoms with E-state index < -0.39 is 0 Å². The number of amides is 1. The second-order valence-corrected chi connectivity index (χ2v) is 7.17. The Kier molecular flexibility index (Phi) is 3.42. The van der Waals surface area contributed by atoms with Crippen LogP contribution in [0.1, 0.15) is 32.6 Å². The minimum absolute atomic E-state index is 0.0363. The fourth-order valence-electron chi connectivity index (χ4n) is 2.51. The van der Waals surface area contributed by atoms with Gasteiger partial charge >= 0.3 is 0 Å². The summed E-state index contributed by atoms with van der Waals surface area (Å²) in [6.07, 6.45) is 4.83. The third-order valence-electron chi connectivity index (χ3n) is 3.31. The lowest BCUT2D eigenvalue weighted by atomic mass is 10.0. The van der Waals surface area contributed by atoms with Gasteiger partial charge in [-0.25, -0.2) is 0 Å². The van der Waals surface area contributed by atoms with Gasteiger partial charge in [0, 0.05) is 17.1 Å². The summed E-state index contributed by atoms with van der Waals surface area (Å²) in [7, 11) is 0. The number of allylic oxidation sites excluding steroid dienone is 2. The van der Waals surface area contributed by atoms with Crippen LogP contribution in [0.4, 0.5) is 0 Å². The first kappa shape index (κ1) is 12.6. The van der Waals surface area contributed by atoms with Crippen LogP contribution in [-0.4, -0.2) is 21.7 Å². The molecule has 3 rings (SSSR count). The molecule has 6 heteroatoms. The van der Waals surface area contributed by atoms with Gasteiger partial charge in [0.25, 0.3) is 5.91 Å². The summed E-state index contributed by atoms with van der Waals surface area (Å²) in [4.78, 5) is 16.4. The molecule has 0 unspecified atom stereocenters. The molecule has 0 aromatic carbocycles. The lowest BCUT2D eigenvalue weighted by Crippen LogP contribution is -2.22. The first-order chi connectivity index (χ1) is 8.70. The molecule has 1 N–H and O–H groups in total. The van der Waals surface area contributed by atoms with Crippen molar-refractivity contribution in [2.24, 2.45) is 0 Å². The summed E-state index contributed by atoms with van der Waals surface area (Å²) in [5, 5.41) is 3.80. The molecule has 2 heterocycles. The topological polar surface area (TPSA) is 32.3 Å². The quantitative estimate of drug-likeness (QED) is 0.594. The van der Waals surface area contributed by atoms with Crippen LogP contribution in [0.25, 0.3) is 0 Å². The molecule has 0 aromatic rings. The fraction of sp³-hybridized carbons (Fsp3) is 0.500. The van der Waals surface area contributed by atoms with Gasteiger partial charge in [-0.15, -0.1) is 0 Å². The highest BCUT2D eigenvalue weighted by Gasteiger charge is 2.35. The van der Waals surface area contributed by atoms with Crippen LogP contribution < -0.4 is 5.32 Å². The maximum absolute atomic E-state index is 11.9. The summed E-state index contributed by atoms with van der Waals surface area (Å²) < 4.78 is 0.573. The van der Waals surface area contributed by atoms with Gasteiger partial charge in [0.2, 0.25) is 0 Å². The van der Waals surface area contributed by atoms with E-state index >= 15 is 0 Å². The number of thiocarbonyl (C=S) groups is 1. The molecule has 18 heavy (non-hydrogen) atoms. The molecule has 2 aliphatic heterocycles. The van der Waals surface area contributed by atoms with E-state index in [1.807, 2.05) is 0 Å². The van der Waals surface area contributed by atoms with E-state index in [4.69, 9.17) is 12.2 Å². The van der Waals surface area contributed by atoms with Gasteiger partial charge < -0.3 is 10.2 Å². The number of thioether (sulfide) groups is 2. The van der Waals surface area contributed by atoms with Gasteiger partial charge in [-0.3, -0.25) is 4.79 Å². The SMILES string of the molecule is CCN1C2=C(CCCC2)S/C1=C1/SC(=S)NC1=O. The first-order valence-corrected chi connectivity index (χ1v) is 8.19. The van der Waals surface area contributed by atoms with Crippen LogP contribution >= 0.6 is 35.7 Å². The number of carbonyl (C=O) groups excluding carboxylic acids is 1. The zero-order valence-electron chi connectivity index (χ0n) is 10.1. The van der Waals surface area contributed by atoms with Gasteiger partial charge in [0.1, 0.15) is 9.23 Å². The van der Waals surface area contributed by atoms with E-state index in [-0.39, 0.29) is 5.91 Å². The Balaban J connectivity index is 1.98. The highest BCUT2D eigenvalue weighted by molar-refractivity contribution is 8.27. The largest absolute Gasteiger partial charge is 0.338 e. The Hall–Kier alpha value is -0.460. The summed E-state index contributed by atoms with van der Waals surface area (Å²) in [6.45, 7) is 3.06. The van der Waals surface area contributed by atoms with Crippen molar-refractivity contribution in [2.45, 2.75) is 32.6 Å². The molecule has 0 spiro atoms. The van der Waals surface area contributed by atoms with Crippen molar-refractivity contribution in [1.29, 1.82) is 0 Å². The molecule has 0 radical (unpaired) electrons. The number of hydrogen-bond acceptors (Lipinski definition) is 5. The maximum atomic E-state index is 11.9. The Labute approximate surface area is 120 Å². The standard InChI is InChI=1S/C12H14N2OS3/c1-2-14-7-5-3-4-6-8(7)17-11(14)9-10(15)13-12(16)18-9/h2-6H2,1H3,(H,13,15,16)/b11-9+. The molecule has 0 bridgehead atoms. The summed E-state index contributed by atoms with van der Waals surface area (Å²) in [6, 6.07) is 0. The molecule has 96 valence electrons. The zero-order valence-corrected chi connectivity index (χ0v) is 12.6. The normalized spacial score (nSPS) is 27.9. The molecule has 0 atom stereocenters. The predicted octanol–water partition coefficient (Wildman–Crippen LogP) is 3.16. The van der Waals surface area contributed by atoms with Crippen LogP contribution in [0.3, 0.4) is 0 Å². The molecule has 0 saturated carbocycles. The van der Waals surface area contributed by atoms with Crippen LogP contribution in [0.2, 0.25) is 0 Å². The van der Waals surface area contributed by atoms with Gasteiger partial charge in [-0.1, -0.05) is 35.7 Å². The third-order valence-corrected chi connectivity index (χ3v) is 5.96. The Bertz CT molecular complexity index is 496. The van der Waals surface area contributed by atoms with Gasteiger partial charge in [0.05, 0.1) is 5.03 Å². The van der Waals surface area contributed by atoms with Crippen molar-refractivity contribution in [3.05, 3.63) is 20.5 Å². The van der Waals surface area contributed by atoms with Gasteiger partial charge in [-0.2, -0.15) is 0 Å². The lowest BCUT2D eigenvalue weighted by Gasteiger charge is -2.23. The highest BCUT2D eigenvalue weighted by atomic mass is 32.2. The van der Waals surface area contributed by atoms with Crippen LogP contribution in [0, 0.1) is 0 Å². The van der Waals surface area contributed by atoms with Crippen molar-refractivity contribution in [2.75, 3.05) is 6.54 Å². The van der Waals surface area contributed by atoms with E-state index in [1.165, 1.54) is 35.2 Å². The van der Waals surface area contributed by atoms with Crippen molar-refractivity contribution in [1.82, 2.24) is 10.2 Å². The van der Waals surface area contributed by atoms with Crippen LogP contribution in [0.5, 0.6) is 0 Å². The molecule has 1 fully saturated rings. The second kappa shape index (κ2) is 4.90. The predicted molar refractivity (Wildman–Crippen MR) is 80.8 cm³/mol. The summed E-state index contributed by atoms with van der Waals surface area (Å²) in [5.41, 5.74) is 1.43. The third kappa shape index (κ3) is 2.00. The molecule has 1 amide bonds. The van der Waals surface area contributed by atoms with E-state index in [9.17, 15) is 4.79 Å². The number of nitrogens with one attached hydrogen (secondary N) is 1. The van der Waals surface area contributed by atoms with Crippen molar-refractivity contribution >= 4 is 46.0 Å². The molecule has 1 aliphatic carbocycles. The fourth-order valence-corrected chi connectivity index (χ4v) is 5.12. The molecular weight excluding hydrogens is 284 g/mol. The van der Waals surface area contributed by atoms with E-state index in [0.717, 1.165) is 29.3 Å². The monoisotopic (exact) mass is 298 g/mol. The molecular formula is C12H14N2OS3. The van der Waals surface area contributed by atoms with Crippen molar-refractivity contribution in [3.63, 3.8) is 0 Å². The molecule has 3 nitrogen and oxygen atoms in total. The number of carbonyl (C=O) groups is 1. The molecule has 0 aromatic heterocycles. The lowest BCUT2D eigenvalue weighted by molar-refractivity contribution is -0.115. The van der Waals surface area contributed by atoms with Gasteiger partial charge in [-0.05, 0) is 32.6 Å². The Morgan fingerprint density at radius 1 is 1.33 bits per heavy atom.